The highest BCUT2D eigenvalue weighted by Crippen LogP contribution is 2.44. The molecular formula is C17H14BrN5S. The van der Waals surface area contributed by atoms with Gasteiger partial charge in [0.05, 0.1) is 9.17 Å². The molecule has 0 bridgehead atoms. The van der Waals surface area contributed by atoms with Gasteiger partial charge in [0.1, 0.15) is 10.6 Å². The van der Waals surface area contributed by atoms with Gasteiger partial charge in [0.15, 0.2) is 11.6 Å². The maximum atomic E-state index is 4.75. The van der Waals surface area contributed by atoms with Gasteiger partial charge in [-0.05, 0) is 21.5 Å². The van der Waals surface area contributed by atoms with Crippen molar-refractivity contribution in [1.82, 2.24) is 19.5 Å². The number of hydrogen-bond acceptors (Lipinski definition) is 5. The number of nitrogens with one attached hydrogen (secondary N) is 1. The molecule has 1 N–H and O–H groups in total. The van der Waals surface area contributed by atoms with E-state index in [1.54, 1.807) is 17.5 Å². The van der Waals surface area contributed by atoms with Crippen LogP contribution in [-0.2, 0) is 7.05 Å². The van der Waals surface area contributed by atoms with Crippen LogP contribution in [-0.4, -0.2) is 26.6 Å². The topological polar surface area (TPSA) is 55.6 Å². The molecule has 3 aromatic heterocycles. The second-order valence-corrected chi connectivity index (χ2v) is 7.62. The molecule has 1 aromatic carbocycles. The Morgan fingerprint density at radius 3 is 2.62 bits per heavy atom. The van der Waals surface area contributed by atoms with Crippen LogP contribution in [0.1, 0.15) is 0 Å². The molecule has 0 fully saturated rings. The summed E-state index contributed by atoms with van der Waals surface area (Å²) in [6, 6.07) is 10.3. The number of benzene rings is 1. The summed E-state index contributed by atoms with van der Waals surface area (Å²) in [5.74, 6) is 2.17. The van der Waals surface area contributed by atoms with Crippen molar-refractivity contribution >= 4 is 43.3 Å². The zero-order chi connectivity index (χ0) is 16.7. The van der Waals surface area contributed by atoms with E-state index in [0.717, 1.165) is 36.8 Å². The number of halogens is 1. The lowest BCUT2D eigenvalue weighted by Crippen LogP contribution is -2.01. The van der Waals surface area contributed by atoms with E-state index in [0.29, 0.717) is 5.82 Å². The summed E-state index contributed by atoms with van der Waals surface area (Å²) in [5, 5.41) is 4.24. The van der Waals surface area contributed by atoms with E-state index in [4.69, 9.17) is 9.97 Å². The molecule has 4 aromatic rings. The second-order valence-electron chi connectivity index (χ2n) is 5.30. The Balaban J connectivity index is 2.01. The van der Waals surface area contributed by atoms with Gasteiger partial charge >= 0.3 is 0 Å². The number of nitrogens with zero attached hydrogens (tertiary/aromatic N) is 4. The van der Waals surface area contributed by atoms with Crippen molar-refractivity contribution in [2.75, 3.05) is 12.4 Å². The minimum atomic E-state index is 0.618. The summed E-state index contributed by atoms with van der Waals surface area (Å²) in [5.41, 5.74) is 2.26. The number of imidazole rings is 1. The number of aromatic nitrogens is 4. The zero-order valence-electron chi connectivity index (χ0n) is 13.1. The number of hydrogen-bond donors (Lipinski definition) is 1. The molecule has 0 aliphatic rings. The van der Waals surface area contributed by atoms with E-state index in [2.05, 4.69) is 38.4 Å². The van der Waals surface area contributed by atoms with Crippen molar-refractivity contribution in [3.05, 3.63) is 46.5 Å². The smallest absolute Gasteiger partial charge is 0.199 e. The molecule has 0 atom stereocenters. The lowest BCUT2D eigenvalue weighted by Gasteiger charge is -2.08. The van der Waals surface area contributed by atoms with Crippen molar-refractivity contribution in [3.8, 4) is 22.8 Å². The third-order valence-electron chi connectivity index (χ3n) is 3.83. The van der Waals surface area contributed by atoms with Gasteiger partial charge in [-0.25, -0.2) is 15.0 Å². The minimum absolute atomic E-state index is 0.618. The van der Waals surface area contributed by atoms with Crippen LogP contribution < -0.4 is 5.32 Å². The highest BCUT2D eigenvalue weighted by Gasteiger charge is 2.20. The van der Waals surface area contributed by atoms with Crippen molar-refractivity contribution in [2.45, 2.75) is 0 Å². The fraction of sp³-hybridized carbons (Fsp3) is 0.118. The molecule has 0 spiro atoms. The van der Waals surface area contributed by atoms with Gasteiger partial charge in [-0.3, -0.25) is 0 Å². The first-order valence-electron chi connectivity index (χ1n) is 7.40. The quantitative estimate of drug-likeness (QED) is 0.548. The largest absolute Gasteiger partial charge is 0.372 e. The van der Waals surface area contributed by atoms with E-state index >= 15 is 0 Å². The predicted octanol–water partition coefficient (Wildman–Crippen LogP) is 4.56. The van der Waals surface area contributed by atoms with Gasteiger partial charge < -0.3 is 9.88 Å². The van der Waals surface area contributed by atoms with Crippen LogP contribution in [0.2, 0.25) is 0 Å². The molecule has 0 saturated carbocycles. The molecule has 0 aliphatic heterocycles. The van der Waals surface area contributed by atoms with Crippen LogP contribution in [0.5, 0.6) is 0 Å². The second kappa shape index (κ2) is 5.99. The lowest BCUT2D eigenvalue weighted by atomic mass is 10.1. The molecule has 0 amide bonds. The predicted molar refractivity (Wildman–Crippen MR) is 102 cm³/mol. The Labute approximate surface area is 151 Å². The molecule has 7 heteroatoms. The van der Waals surface area contributed by atoms with Crippen LogP contribution in [0.25, 0.3) is 33.0 Å². The Morgan fingerprint density at radius 1 is 1.17 bits per heavy atom. The van der Waals surface area contributed by atoms with Crippen LogP contribution >= 0.6 is 27.3 Å². The van der Waals surface area contributed by atoms with Crippen molar-refractivity contribution in [2.24, 2.45) is 7.05 Å². The van der Waals surface area contributed by atoms with Gasteiger partial charge in [0, 0.05) is 32.1 Å². The fourth-order valence-corrected chi connectivity index (χ4v) is 4.51. The molecule has 0 unspecified atom stereocenters. The van der Waals surface area contributed by atoms with E-state index < -0.39 is 0 Å². The van der Waals surface area contributed by atoms with E-state index in [1.807, 2.05) is 43.1 Å². The number of fused-ring (bicyclic) bond motifs is 1. The van der Waals surface area contributed by atoms with Gasteiger partial charge in [0.2, 0.25) is 0 Å². The van der Waals surface area contributed by atoms with E-state index in [1.165, 1.54) is 0 Å². The van der Waals surface area contributed by atoms with Gasteiger partial charge in [-0.1, -0.05) is 30.3 Å². The fourth-order valence-electron chi connectivity index (χ4n) is 2.70. The number of rotatable bonds is 3. The van der Waals surface area contributed by atoms with Crippen LogP contribution in [0.3, 0.4) is 0 Å². The van der Waals surface area contributed by atoms with Crippen molar-refractivity contribution in [3.63, 3.8) is 0 Å². The zero-order valence-corrected chi connectivity index (χ0v) is 15.5. The highest BCUT2D eigenvalue weighted by molar-refractivity contribution is 9.11. The number of aryl methyl sites for hydroxylation is 1. The summed E-state index contributed by atoms with van der Waals surface area (Å²) in [4.78, 5) is 14.7. The molecule has 24 heavy (non-hydrogen) atoms. The molecule has 4 rings (SSSR count). The third-order valence-corrected chi connectivity index (χ3v) is 5.58. The first-order valence-corrected chi connectivity index (χ1v) is 9.01. The minimum Gasteiger partial charge on any atom is -0.372 e. The maximum Gasteiger partial charge on any atom is 0.199 e. The number of thiophene rings is 1. The first-order chi connectivity index (χ1) is 11.7. The Kier molecular flexibility index (Phi) is 3.82. The van der Waals surface area contributed by atoms with Crippen LogP contribution in [0, 0.1) is 0 Å². The summed E-state index contributed by atoms with van der Waals surface area (Å²) in [6.07, 6.45) is 3.64. The standard InChI is InChI=1S/C17H14BrN5S/c1-19-14-12-11(10-6-4-3-5-7-10)13(18)24-17(12)22-15(21-14)16-20-8-9-23(16)2/h3-9H,1-2H3,(H,19,21,22). The summed E-state index contributed by atoms with van der Waals surface area (Å²) in [6.45, 7) is 0. The van der Waals surface area contributed by atoms with Crippen molar-refractivity contribution < 1.29 is 0 Å². The molecule has 0 aliphatic carbocycles. The Hall–Kier alpha value is -2.25. The molecule has 120 valence electrons. The first kappa shape index (κ1) is 15.3. The monoisotopic (exact) mass is 399 g/mol. The van der Waals surface area contributed by atoms with Gasteiger partial charge in [0.25, 0.3) is 0 Å². The van der Waals surface area contributed by atoms with Crippen molar-refractivity contribution in [1.29, 1.82) is 0 Å². The Bertz CT molecular complexity index is 1020. The van der Waals surface area contributed by atoms with E-state index in [-0.39, 0.29) is 0 Å². The summed E-state index contributed by atoms with van der Waals surface area (Å²) >= 11 is 5.31. The Morgan fingerprint density at radius 2 is 1.96 bits per heavy atom. The average Bonchev–Trinajstić information content (AvgIpc) is 3.17. The average molecular weight is 400 g/mol. The highest BCUT2D eigenvalue weighted by atomic mass is 79.9. The molecule has 0 saturated heterocycles. The SMILES string of the molecule is CNc1nc(-c2nccn2C)nc2sc(Br)c(-c3ccccc3)c12. The molecular weight excluding hydrogens is 386 g/mol. The van der Waals surface area contributed by atoms with Gasteiger partial charge in [-0.2, -0.15) is 0 Å². The van der Waals surface area contributed by atoms with Crippen LogP contribution in [0.4, 0.5) is 5.82 Å². The summed E-state index contributed by atoms with van der Waals surface area (Å²) in [7, 11) is 3.82. The molecule has 3 heterocycles. The van der Waals surface area contributed by atoms with Crippen LogP contribution in [0.15, 0.2) is 46.5 Å². The number of anilines is 1. The third kappa shape index (κ3) is 2.40. The van der Waals surface area contributed by atoms with Gasteiger partial charge in [-0.15, -0.1) is 11.3 Å². The molecule has 5 nitrogen and oxygen atoms in total. The summed E-state index contributed by atoms with van der Waals surface area (Å²) < 4.78 is 2.97. The lowest BCUT2D eigenvalue weighted by molar-refractivity contribution is 0.910. The van der Waals surface area contributed by atoms with E-state index in [9.17, 15) is 0 Å². The maximum absolute atomic E-state index is 4.75. The normalized spacial score (nSPS) is 11.1. The molecule has 0 radical (unpaired) electrons.